The smallest absolute Gasteiger partial charge is 0.156 e. The summed E-state index contributed by atoms with van der Waals surface area (Å²) in [6, 6.07) is 6.15. The first-order valence-corrected chi connectivity index (χ1v) is 5.97. The Morgan fingerprint density at radius 2 is 2.11 bits per heavy atom. The van der Waals surface area contributed by atoms with Crippen molar-refractivity contribution < 1.29 is 13.9 Å². The summed E-state index contributed by atoms with van der Waals surface area (Å²) in [5.41, 5.74) is 5.98. The van der Waals surface area contributed by atoms with Crippen LogP contribution in [0.15, 0.2) is 35.0 Å². The molecule has 1 N–H and O–H groups in total. The molecule has 1 aromatic carbocycles. The van der Waals surface area contributed by atoms with Gasteiger partial charge in [0.25, 0.3) is 0 Å². The Morgan fingerprint density at radius 1 is 1.26 bits per heavy atom. The van der Waals surface area contributed by atoms with E-state index in [2.05, 4.69) is 15.8 Å². The lowest BCUT2D eigenvalue weighted by Gasteiger charge is -2.12. The van der Waals surface area contributed by atoms with Gasteiger partial charge in [0.2, 0.25) is 0 Å². The molecule has 1 aromatic heterocycles. The largest absolute Gasteiger partial charge is 0.271 e. The number of aryl methyl sites for hydroxylation is 1. The Morgan fingerprint density at radius 3 is 2.95 bits per heavy atom. The van der Waals surface area contributed by atoms with Gasteiger partial charge in [-0.05, 0) is 35.7 Å². The zero-order valence-corrected chi connectivity index (χ0v) is 10.1. The van der Waals surface area contributed by atoms with Crippen LogP contribution in [0.1, 0.15) is 23.4 Å². The number of fused-ring (bicyclic) bond motifs is 1. The number of rotatable bonds is 4. The van der Waals surface area contributed by atoms with Gasteiger partial charge in [0.1, 0.15) is 11.5 Å². The van der Waals surface area contributed by atoms with E-state index in [-0.39, 0.29) is 5.82 Å². The molecule has 0 bridgehead atoms. The Hall–Kier alpha value is -2.21. The van der Waals surface area contributed by atoms with Crippen molar-refractivity contribution in [2.45, 2.75) is 19.4 Å². The molecule has 1 aliphatic carbocycles. The molecule has 0 unspecified atom stereocenters. The van der Waals surface area contributed by atoms with E-state index in [0.717, 1.165) is 29.8 Å². The summed E-state index contributed by atoms with van der Waals surface area (Å²) < 4.78 is 17.4. The second-order valence-electron chi connectivity index (χ2n) is 4.23. The van der Waals surface area contributed by atoms with Crippen molar-refractivity contribution in [2.75, 3.05) is 0 Å². The molecule has 5 nitrogen and oxygen atoms in total. The first-order valence-electron chi connectivity index (χ1n) is 5.97. The van der Waals surface area contributed by atoms with Crippen molar-refractivity contribution in [1.82, 2.24) is 15.8 Å². The van der Waals surface area contributed by atoms with Gasteiger partial charge in [-0.15, -0.1) is 0 Å². The van der Waals surface area contributed by atoms with E-state index in [0.29, 0.717) is 12.3 Å². The van der Waals surface area contributed by atoms with E-state index in [1.165, 1.54) is 12.1 Å². The molecule has 1 aliphatic rings. The molecule has 0 aliphatic heterocycles. The maximum Gasteiger partial charge on any atom is 0.156 e. The van der Waals surface area contributed by atoms with E-state index < -0.39 is 0 Å². The van der Waals surface area contributed by atoms with E-state index >= 15 is 0 Å². The minimum Gasteiger partial charge on any atom is -0.271 e. The van der Waals surface area contributed by atoms with Gasteiger partial charge in [0, 0.05) is 0 Å². The van der Waals surface area contributed by atoms with Crippen LogP contribution in [-0.4, -0.2) is 10.3 Å². The van der Waals surface area contributed by atoms with Crippen LogP contribution in [0.25, 0.3) is 5.70 Å². The summed E-state index contributed by atoms with van der Waals surface area (Å²) in [6.45, 7) is 0.332. The minimum absolute atomic E-state index is 0.259. The summed E-state index contributed by atoms with van der Waals surface area (Å²) in [4.78, 5) is 5.38. The number of allylic oxidation sites excluding steroid dienone is 1. The lowest BCUT2D eigenvalue weighted by Crippen LogP contribution is -2.16. The van der Waals surface area contributed by atoms with Gasteiger partial charge in [0.05, 0.1) is 12.3 Å². The van der Waals surface area contributed by atoms with Crippen molar-refractivity contribution >= 4 is 5.70 Å². The molecule has 6 heteroatoms. The van der Waals surface area contributed by atoms with Gasteiger partial charge in [-0.25, -0.2) is 9.02 Å². The third-order valence-corrected chi connectivity index (χ3v) is 2.88. The monoisotopic (exact) mass is 261 g/mol. The summed E-state index contributed by atoms with van der Waals surface area (Å²) in [5.74, 6) is -0.259. The molecule has 0 saturated carbocycles. The van der Waals surface area contributed by atoms with Crippen LogP contribution in [0.5, 0.6) is 0 Å². The number of hydroxylamine groups is 1. The lowest BCUT2D eigenvalue weighted by atomic mass is 10.1. The zero-order valence-electron chi connectivity index (χ0n) is 10.1. The molecule has 19 heavy (non-hydrogen) atoms. The van der Waals surface area contributed by atoms with Gasteiger partial charge in [-0.2, -0.15) is 0 Å². The fourth-order valence-corrected chi connectivity index (χ4v) is 1.89. The summed E-state index contributed by atoms with van der Waals surface area (Å²) in [5, 5.41) is 7.65. The predicted octanol–water partition coefficient (Wildman–Crippen LogP) is 2.22. The molecule has 0 saturated heterocycles. The van der Waals surface area contributed by atoms with E-state index in [9.17, 15) is 4.39 Å². The molecule has 0 atom stereocenters. The first-order chi connectivity index (χ1) is 9.33. The number of hydrogen-bond acceptors (Lipinski definition) is 5. The Kier molecular flexibility index (Phi) is 3.24. The quantitative estimate of drug-likeness (QED) is 0.855. The lowest BCUT2D eigenvalue weighted by molar-refractivity contribution is 0.0639. The number of halogens is 1. The first kappa shape index (κ1) is 11.9. The summed E-state index contributed by atoms with van der Waals surface area (Å²) in [6.07, 6.45) is 3.67. The van der Waals surface area contributed by atoms with Crippen LogP contribution in [-0.2, 0) is 17.9 Å². The van der Waals surface area contributed by atoms with Crippen LogP contribution in [0.3, 0.4) is 0 Å². The van der Waals surface area contributed by atoms with Crippen molar-refractivity contribution in [3.63, 3.8) is 0 Å². The van der Waals surface area contributed by atoms with Gasteiger partial charge in [-0.3, -0.25) is 10.3 Å². The maximum atomic E-state index is 12.7. The number of nitrogens with zero attached hydrogens (tertiary/aromatic N) is 2. The molecular formula is C13H12FN3O2. The topological polar surface area (TPSA) is 60.2 Å². The molecule has 0 spiro atoms. The number of nitrogens with one attached hydrogen (secondary N) is 1. The zero-order chi connectivity index (χ0) is 13.1. The van der Waals surface area contributed by atoms with E-state index in [1.54, 1.807) is 12.1 Å². The fraction of sp³-hybridized carbons (Fsp3) is 0.231. The third kappa shape index (κ3) is 2.63. The van der Waals surface area contributed by atoms with E-state index in [4.69, 9.17) is 9.47 Å². The molecular weight excluding hydrogens is 249 g/mol. The highest BCUT2D eigenvalue weighted by atomic mass is 19.1. The number of aromatic nitrogens is 2. The average molecular weight is 261 g/mol. The van der Waals surface area contributed by atoms with Gasteiger partial charge in [-0.1, -0.05) is 23.4 Å². The molecule has 98 valence electrons. The standard InChI is InChI=1S/C13H12FN3O2/c14-10-6-4-9(5-7-10)8-18-15-11-2-1-3-12-13(11)17-19-16-12/h2,4-7,15H,1,3,8H2. The Labute approximate surface area is 109 Å². The Bertz CT molecular complexity index is 592. The predicted molar refractivity (Wildman–Crippen MR) is 64.9 cm³/mol. The number of benzene rings is 1. The van der Waals surface area contributed by atoms with Gasteiger partial charge in [0.15, 0.2) is 5.69 Å². The summed E-state index contributed by atoms with van der Waals surface area (Å²) in [7, 11) is 0. The molecule has 2 aromatic rings. The second-order valence-corrected chi connectivity index (χ2v) is 4.23. The third-order valence-electron chi connectivity index (χ3n) is 2.88. The normalized spacial score (nSPS) is 13.8. The maximum absolute atomic E-state index is 12.7. The molecule has 0 radical (unpaired) electrons. The van der Waals surface area contributed by atoms with Crippen molar-refractivity contribution in [1.29, 1.82) is 0 Å². The van der Waals surface area contributed by atoms with Crippen LogP contribution in [0, 0.1) is 5.82 Å². The van der Waals surface area contributed by atoms with Crippen molar-refractivity contribution in [2.24, 2.45) is 0 Å². The molecule has 0 fully saturated rings. The van der Waals surface area contributed by atoms with Crippen LogP contribution in [0.4, 0.5) is 4.39 Å². The second kappa shape index (κ2) is 5.19. The van der Waals surface area contributed by atoms with Crippen molar-refractivity contribution in [3.8, 4) is 0 Å². The molecule has 0 amide bonds. The summed E-state index contributed by atoms with van der Waals surface area (Å²) >= 11 is 0. The van der Waals surface area contributed by atoms with E-state index in [1.807, 2.05) is 6.08 Å². The van der Waals surface area contributed by atoms with Crippen LogP contribution in [0.2, 0.25) is 0 Å². The fourth-order valence-electron chi connectivity index (χ4n) is 1.89. The van der Waals surface area contributed by atoms with Gasteiger partial charge < -0.3 is 0 Å². The van der Waals surface area contributed by atoms with Gasteiger partial charge >= 0.3 is 0 Å². The Balaban J connectivity index is 1.58. The highest BCUT2D eigenvalue weighted by Gasteiger charge is 2.18. The van der Waals surface area contributed by atoms with Crippen molar-refractivity contribution in [3.05, 3.63) is 53.1 Å². The number of hydrogen-bond donors (Lipinski definition) is 1. The highest BCUT2D eigenvalue weighted by Crippen LogP contribution is 2.21. The SMILES string of the molecule is Fc1ccc(CONC2=CCCc3nonc32)cc1. The minimum atomic E-state index is -0.259. The molecule has 1 heterocycles. The average Bonchev–Trinajstić information content (AvgIpc) is 2.90. The van der Waals surface area contributed by atoms with Crippen LogP contribution < -0.4 is 5.48 Å². The highest BCUT2D eigenvalue weighted by molar-refractivity contribution is 5.62. The molecule has 3 rings (SSSR count). The van der Waals surface area contributed by atoms with Crippen LogP contribution >= 0.6 is 0 Å².